The van der Waals surface area contributed by atoms with Crippen LogP contribution in [0.1, 0.15) is 41.5 Å². The molecule has 1 nitrogen and oxygen atoms in total. The first kappa shape index (κ1) is 18.5. The fourth-order valence-electron chi connectivity index (χ4n) is 2.88. The Labute approximate surface area is 131 Å². The van der Waals surface area contributed by atoms with Crippen molar-refractivity contribution in [3.63, 3.8) is 0 Å². The minimum absolute atomic E-state index is 0. The zero-order valence-corrected chi connectivity index (χ0v) is 16.5. The molecule has 0 N–H and O–H groups in total. The normalized spacial score (nSPS) is 17.6. The van der Waals surface area contributed by atoms with Gasteiger partial charge in [-0.05, 0) is 0 Å². The molecule has 0 fully saturated rings. The molecule has 0 aromatic heterocycles. The van der Waals surface area contributed by atoms with Gasteiger partial charge in [0.1, 0.15) is 0 Å². The minimum atomic E-state index is -1.33. The number of hydrogen-bond donors (Lipinski definition) is 0. The van der Waals surface area contributed by atoms with Crippen LogP contribution in [0.15, 0.2) is 4.99 Å². The Balaban J connectivity index is 0.00000256. The van der Waals surface area contributed by atoms with Gasteiger partial charge < -0.3 is 0 Å². The van der Waals surface area contributed by atoms with Crippen molar-refractivity contribution in [3.8, 4) is 0 Å². The fourth-order valence-corrected chi connectivity index (χ4v) is 14.1. The Morgan fingerprint density at radius 2 is 1.53 bits per heavy atom. The minimum Gasteiger partial charge on any atom is 0 e. The predicted octanol–water partition coefficient (Wildman–Crippen LogP) is 4.71. The van der Waals surface area contributed by atoms with Crippen molar-refractivity contribution in [1.82, 2.24) is 0 Å². The van der Waals surface area contributed by atoms with Crippen LogP contribution in [0.2, 0.25) is 0 Å². The van der Waals surface area contributed by atoms with Gasteiger partial charge in [0.25, 0.3) is 0 Å². The SMILES string of the molecule is CC(C)[PH](SC1=NCCS1)(C(C)C)C(C)C.[Au]. The molecule has 0 spiro atoms. The summed E-state index contributed by atoms with van der Waals surface area (Å²) in [5.74, 6) is 1.20. The number of nitrogens with zero attached hydrogens (tertiary/aromatic N) is 1. The molecule has 0 bridgehead atoms. The Bertz CT molecular complexity index is 245. The Morgan fingerprint density at radius 1 is 1.06 bits per heavy atom. The molecule has 1 rings (SSSR count). The molecule has 0 unspecified atom stereocenters. The van der Waals surface area contributed by atoms with E-state index in [-0.39, 0.29) is 22.4 Å². The third-order valence-corrected chi connectivity index (χ3v) is 17.3. The van der Waals surface area contributed by atoms with E-state index in [1.54, 1.807) is 0 Å². The molecular formula is C12H26AuNPS2. The number of rotatable bonds is 4. The van der Waals surface area contributed by atoms with Gasteiger partial charge in [-0.25, -0.2) is 0 Å². The maximum Gasteiger partial charge on any atom is 0 e. The first-order chi connectivity index (χ1) is 7.41. The van der Waals surface area contributed by atoms with Crippen LogP contribution in [-0.4, -0.2) is 33.7 Å². The summed E-state index contributed by atoms with van der Waals surface area (Å²) in [4.78, 5) is 4.65. The van der Waals surface area contributed by atoms with Crippen LogP contribution in [0.5, 0.6) is 0 Å². The van der Waals surface area contributed by atoms with E-state index in [9.17, 15) is 0 Å². The van der Waals surface area contributed by atoms with Crippen LogP contribution in [0.4, 0.5) is 0 Å². The number of aliphatic imine (C=N–C) groups is 1. The Kier molecular flexibility index (Phi) is 8.69. The van der Waals surface area contributed by atoms with Gasteiger partial charge >= 0.3 is 110 Å². The molecule has 0 aromatic carbocycles. The van der Waals surface area contributed by atoms with E-state index in [0.717, 1.165) is 23.5 Å². The number of hydrogen-bond acceptors (Lipinski definition) is 3. The van der Waals surface area contributed by atoms with E-state index < -0.39 is 6.46 Å². The van der Waals surface area contributed by atoms with Gasteiger partial charge in [0.15, 0.2) is 0 Å². The largest absolute Gasteiger partial charge is 0 e. The van der Waals surface area contributed by atoms with Crippen molar-refractivity contribution in [2.45, 2.75) is 58.5 Å². The van der Waals surface area contributed by atoms with E-state index >= 15 is 0 Å². The van der Waals surface area contributed by atoms with Gasteiger partial charge in [0.05, 0.1) is 0 Å². The quantitative estimate of drug-likeness (QED) is 0.431. The smallest absolute Gasteiger partial charge is 0 e. The molecule has 5 heteroatoms. The molecule has 0 atom stereocenters. The summed E-state index contributed by atoms with van der Waals surface area (Å²) >= 11 is 4.15. The first-order valence-electron chi connectivity index (χ1n) is 6.27. The molecule has 17 heavy (non-hydrogen) atoms. The molecular weight excluding hydrogens is 450 g/mol. The zero-order valence-electron chi connectivity index (χ0n) is 11.7. The van der Waals surface area contributed by atoms with Crippen molar-refractivity contribution >= 4 is 34.0 Å². The summed E-state index contributed by atoms with van der Waals surface area (Å²) in [6.07, 6.45) is 0. The zero-order chi connectivity index (χ0) is 12.3. The van der Waals surface area contributed by atoms with E-state index in [0.29, 0.717) is 0 Å². The van der Waals surface area contributed by atoms with Crippen LogP contribution in [0.3, 0.4) is 0 Å². The molecule has 1 radical (unpaired) electrons. The van der Waals surface area contributed by atoms with Crippen LogP contribution in [0.25, 0.3) is 0 Å². The maximum atomic E-state index is 4.65. The van der Waals surface area contributed by atoms with E-state index in [1.807, 2.05) is 11.8 Å². The van der Waals surface area contributed by atoms with Crippen LogP contribution >= 0.6 is 29.6 Å². The van der Waals surface area contributed by atoms with Gasteiger partial charge in [-0.15, -0.1) is 0 Å². The summed E-state index contributed by atoms with van der Waals surface area (Å²) in [6.45, 7) is 14.2. The molecule has 0 aliphatic carbocycles. The predicted molar refractivity (Wildman–Crippen MR) is 86.1 cm³/mol. The van der Waals surface area contributed by atoms with Gasteiger partial charge in [0, 0.05) is 22.4 Å². The number of thioether (sulfide) groups is 1. The molecule has 1 aliphatic heterocycles. The second-order valence-corrected chi connectivity index (χ2v) is 15.3. The van der Waals surface area contributed by atoms with Crippen molar-refractivity contribution in [1.29, 1.82) is 0 Å². The van der Waals surface area contributed by atoms with E-state index in [1.165, 1.54) is 10.1 Å². The van der Waals surface area contributed by atoms with Crippen molar-refractivity contribution in [2.75, 3.05) is 12.3 Å². The van der Waals surface area contributed by atoms with Gasteiger partial charge in [-0.1, -0.05) is 0 Å². The van der Waals surface area contributed by atoms with Crippen molar-refractivity contribution in [2.24, 2.45) is 4.99 Å². The molecule has 0 aromatic rings. The first-order valence-corrected chi connectivity index (χ1v) is 11.0. The molecule has 0 saturated heterocycles. The molecule has 1 heterocycles. The van der Waals surface area contributed by atoms with Crippen molar-refractivity contribution < 1.29 is 22.4 Å². The second kappa shape index (κ2) is 7.97. The summed E-state index contributed by atoms with van der Waals surface area (Å²) in [6, 6.07) is 0. The van der Waals surface area contributed by atoms with E-state index in [4.69, 9.17) is 0 Å². The van der Waals surface area contributed by atoms with Crippen molar-refractivity contribution in [3.05, 3.63) is 0 Å². The summed E-state index contributed by atoms with van der Waals surface area (Å²) in [5.41, 5.74) is 2.46. The Hall–Kier alpha value is 1.54. The summed E-state index contributed by atoms with van der Waals surface area (Å²) in [5, 5.41) is 0. The van der Waals surface area contributed by atoms with Crippen LogP contribution in [0, 0.1) is 0 Å². The molecule has 0 amide bonds. The molecule has 1 aliphatic rings. The average Bonchev–Trinajstić information content (AvgIpc) is 2.64. The van der Waals surface area contributed by atoms with Gasteiger partial charge in [-0.3, -0.25) is 0 Å². The monoisotopic (exact) mass is 476 g/mol. The van der Waals surface area contributed by atoms with Crippen LogP contribution < -0.4 is 0 Å². The topological polar surface area (TPSA) is 12.4 Å². The van der Waals surface area contributed by atoms with Gasteiger partial charge in [-0.2, -0.15) is 0 Å². The third kappa shape index (κ3) is 4.26. The summed E-state index contributed by atoms with van der Waals surface area (Å²) in [7, 11) is 0. The Morgan fingerprint density at radius 3 is 1.82 bits per heavy atom. The third-order valence-electron chi connectivity index (χ3n) is 3.53. The fraction of sp³-hybridized carbons (Fsp3) is 0.917. The maximum absolute atomic E-state index is 4.65. The van der Waals surface area contributed by atoms with E-state index in [2.05, 4.69) is 57.9 Å². The molecule has 0 saturated carbocycles. The van der Waals surface area contributed by atoms with Gasteiger partial charge in [0.2, 0.25) is 0 Å². The standard InChI is InChI=1S/C12H26NPS2.Au/c1-9(2)14(10(3)4,11(5)6)16-12-13-7-8-15-12;/h9-11,14H,7-8H2,1-6H3;. The summed E-state index contributed by atoms with van der Waals surface area (Å²) < 4.78 is 1.38. The van der Waals surface area contributed by atoms with Crippen LogP contribution in [-0.2, 0) is 22.4 Å². The molecule has 107 valence electrons. The average molecular weight is 476 g/mol. The second-order valence-electron chi connectivity index (χ2n) is 5.42.